The minimum atomic E-state index is -0.476. The van der Waals surface area contributed by atoms with Gasteiger partial charge in [-0.3, -0.25) is 4.68 Å². The van der Waals surface area contributed by atoms with Crippen molar-refractivity contribution in [3.8, 4) is 0 Å². The van der Waals surface area contributed by atoms with Gasteiger partial charge in [0.25, 0.3) is 0 Å². The fraction of sp³-hybridized carbons (Fsp3) is 0.600. The van der Waals surface area contributed by atoms with Crippen LogP contribution in [0.2, 0.25) is 0 Å². The van der Waals surface area contributed by atoms with Crippen LogP contribution in [0.1, 0.15) is 23.1 Å². The topological polar surface area (TPSA) is 76.4 Å². The fourth-order valence-corrected chi connectivity index (χ4v) is 1.69. The number of rotatable bonds is 2. The minimum Gasteiger partial charge on any atom is -0.461 e. The van der Waals surface area contributed by atoms with E-state index >= 15 is 0 Å². The Morgan fingerprint density at radius 3 is 3.38 bits per heavy atom. The van der Waals surface area contributed by atoms with Crippen molar-refractivity contribution in [2.45, 2.75) is 26.1 Å². The van der Waals surface area contributed by atoms with E-state index < -0.39 is 12.1 Å². The third kappa shape index (κ3) is 2.23. The second-order valence-electron chi connectivity index (χ2n) is 3.71. The van der Waals surface area contributed by atoms with Gasteiger partial charge in [0.05, 0.1) is 24.9 Å². The fourth-order valence-electron chi connectivity index (χ4n) is 1.69. The quantitative estimate of drug-likeness (QED) is 0.665. The lowest BCUT2D eigenvalue weighted by atomic mass is 10.3. The van der Waals surface area contributed by atoms with Gasteiger partial charge in [-0.15, -0.1) is 0 Å². The van der Waals surface area contributed by atoms with Crippen LogP contribution in [-0.2, 0) is 17.8 Å². The number of carbonyl (C=O) groups is 1. The molecule has 1 aromatic heterocycles. The number of ether oxygens (including phenoxy) is 1. The second kappa shape index (κ2) is 4.63. The monoisotopic (exact) mass is 225 g/mol. The van der Waals surface area contributed by atoms with E-state index in [1.54, 1.807) is 17.7 Å². The zero-order chi connectivity index (χ0) is 11.5. The molecule has 0 bridgehead atoms. The first-order valence-corrected chi connectivity index (χ1v) is 5.33. The van der Waals surface area contributed by atoms with Crippen LogP contribution in [-0.4, -0.2) is 40.1 Å². The summed E-state index contributed by atoms with van der Waals surface area (Å²) in [7, 11) is 0. The summed E-state index contributed by atoms with van der Waals surface area (Å²) in [5.41, 5.74) is 1.19. The Kier molecular flexibility index (Phi) is 3.21. The van der Waals surface area contributed by atoms with Gasteiger partial charge in [0.15, 0.2) is 5.69 Å². The molecule has 16 heavy (non-hydrogen) atoms. The molecule has 1 aliphatic heterocycles. The van der Waals surface area contributed by atoms with Gasteiger partial charge >= 0.3 is 5.97 Å². The van der Waals surface area contributed by atoms with Crippen LogP contribution in [0, 0.1) is 0 Å². The molecule has 88 valence electrons. The molecule has 0 aromatic carbocycles. The highest BCUT2D eigenvalue weighted by Crippen LogP contribution is 2.09. The van der Waals surface area contributed by atoms with Gasteiger partial charge in [0, 0.05) is 13.1 Å². The van der Waals surface area contributed by atoms with Crippen molar-refractivity contribution in [3.05, 3.63) is 17.5 Å². The minimum absolute atomic E-state index is 0.299. The largest absolute Gasteiger partial charge is 0.461 e. The van der Waals surface area contributed by atoms with Crippen molar-refractivity contribution in [3.63, 3.8) is 0 Å². The number of carbonyl (C=O) groups excluding carboxylic acids is 1. The van der Waals surface area contributed by atoms with Crippen molar-refractivity contribution in [1.29, 1.82) is 0 Å². The normalized spacial score (nSPS) is 20.0. The molecule has 0 saturated carbocycles. The molecule has 1 aromatic rings. The highest BCUT2D eigenvalue weighted by atomic mass is 16.5. The number of aliphatic hydroxyl groups is 1. The number of esters is 1. The van der Waals surface area contributed by atoms with E-state index in [9.17, 15) is 9.90 Å². The van der Waals surface area contributed by atoms with Crippen molar-refractivity contribution in [2.75, 3.05) is 13.2 Å². The van der Waals surface area contributed by atoms with E-state index in [2.05, 4.69) is 10.4 Å². The van der Waals surface area contributed by atoms with Crippen LogP contribution in [0.15, 0.2) is 6.07 Å². The van der Waals surface area contributed by atoms with E-state index in [1.165, 1.54) is 0 Å². The number of fused-ring (bicyclic) bond motifs is 1. The molecular formula is C10H15N3O3. The van der Waals surface area contributed by atoms with Gasteiger partial charge in [0.2, 0.25) is 0 Å². The summed E-state index contributed by atoms with van der Waals surface area (Å²) in [6.07, 6.45) is -0.476. The van der Waals surface area contributed by atoms with Gasteiger partial charge in [-0.05, 0) is 13.0 Å². The molecule has 2 rings (SSSR count). The molecule has 0 unspecified atom stereocenters. The van der Waals surface area contributed by atoms with Gasteiger partial charge in [-0.1, -0.05) is 0 Å². The van der Waals surface area contributed by atoms with E-state index in [4.69, 9.17) is 4.74 Å². The number of nitrogens with zero attached hydrogens (tertiary/aromatic N) is 2. The Hall–Kier alpha value is -1.40. The zero-order valence-corrected chi connectivity index (χ0v) is 9.14. The molecule has 0 aliphatic carbocycles. The molecule has 6 heteroatoms. The predicted octanol–water partition coefficient (Wildman–Crippen LogP) is -0.476. The number of β-amino-alcohol motifs (C(OH)–C–C–N with tert-alkyl or cyclic N) is 1. The molecule has 0 fully saturated rings. The average molecular weight is 225 g/mol. The Labute approximate surface area is 93.2 Å². The SMILES string of the molecule is CCOC(=O)c1cc2n(n1)C[C@@H](O)CNC2. The average Bonchev–Trinajstić information content (AvgIpc) is 2.54. The van der Waals surface area contributed by atoms with E-state index in [1.807, 2.05) is 0 Å². The molecule has 1 aliphatic rings. The number of aliphatic hydroxyl groups excluding tert-OH is 1. The molecule has 0 radical (unpaired) electrons. The summed E-state index contributed by atoms with van der Waals surface area (Å²) in [6, 6.07) is 1.70. The lowest BCUT2D eigenvalue weighted by Gasteiger charge is -2.06. The van der Waals surface area contributed by atoms with Crippen molar-refractivity contribution < 1.29 is 14.6 Å². The number of aromatic nitrogens is 2. The number of hydrogen-bond donors (Lipinski definition) is 2. The highest BCUT2D eigenvalue weighted by molar-refractivity contribution is 5.87. The first kappa shape index (κ1) is 11.1. The van der Waals surface area contributed by atoms with Crippen molar-refractivity contribution in [1.82, 2.24) is 15.1 Å². The number of hydrogen-bond acceptors (Lipinski definition) is 5. The Balaban J connectivity index is 2.19. The van der Waals surface area contributed by atoms with Crippen molar-refractivity contribution in [2.24, 2.45) is 0 Å². The Bertz CT molecular complexity index is 389. The summed E-state index contributed by atoms with van der Waals surface area (Å²) in [4.78, 5) is 11.4. The van der Waals surface area contributed by atoms with Crippen LogP contribution in [0.5, 0.6) is 0 Å². The third-order valence-electron chi connectivity index (χ3n) is 2.42. The van der Waals surface area contributed by atoms with Gasteiger partial charge in [-0.2, -0.15) is 5.10 Å². The van der Waals surface area contributed by atoms with Crippen LogP contribution in [0.25, 0.3) is 0 Å². The van der Waals surface area contributed by atoms with E-state index in [-0.39, 0.29) is 0 Å². The summed E-state index contributed by atoms with van der Waals surface area (Å²) in [5, 5.41) is 16.7. The molecule has 2 N–H and O–H groups in total. The second-order valence-corrected chi connectivity index (χ2v) is 3.71. The molecule has 0 amide bonds. The standard InChI is InChI=1S/C10H15N3O3/c1-2-16-10(15)9-3-7-4-11-5-8(14)6-13(7)12-9/h3,8,11,14H,2,4-6H2,1H3/t8-/m0/s1. The summed E-state index contributed by atoms with van der Waals surface area (Å²) in [6.45, 7) is 3.63. The summed E-state index contributed by atoms with van der Waals surface area (Å²) >= 11 is 0. The van der Waals surface area contributed by atoms with Crippen molar-refractivity contribution >= 4 is 5.97 Å². The van der Waals surface area contributed by atoms with Crippen LogP contribution in [0.3, 0.4) is 0 Å². The van der Waals surface area contributed by atoms with E-state index in [0.29, 0.717) is 31.9 Å². The summed E-state index contributed by atoms with van der Waals surface area (Å²) < 4.78 is 6.52. The maximum Gasteiger partial charge on any atom is 0.358 e. The molecule has 0 saturated heterocycles. The summed E-state index contributed by atoms with van der Waals surface area (Å²) in [5.74, 6) is -0.419. The lowest BCUT2D eigenvalue weighted by molar-refractivity contribution is 0.0517. The zero-order valence-electron chi connectivity index (χ0n) is 9.14. The predicted molar refractivity (Wildman–Crippen MR) is 55.9 cm³/mol. The molecule has 2 heterocycles. The Morgan fingerprint density at radius 2 is 2.62 bits per heavy atom. The lowest BCUT2D eigenvalue weighted by Crippen LogP contribution is -2.25. The van der Waals surface area contributed by atoms with Crippen LogP contribution < -0.4 is 5.32 Å². The van der Waals surface area contributed by atoms with Gasteiger partial charge in [-0.25, -0.2) is 4.79 Å². The van der Waals surface area contributed by atoms with Gasteiger partial charge in [0.1, 0.15) is 0 Å². The first-order chi connectivity index (χ1) is 7.70. The maximum absolute atomic E-state index is 11.4. The third-order valence-corrected chi connectivity index (χ3v) is 2.42. The number of nitrogens with one attached hydrogen (secondary N) is 1. The molecular weight excluding hydrogens is 210 g/mol. The smallest absolute Gasteiger partial charge is 0.358 e. The molecule has 6 nitrogen and oxygen atoms in total. The van der Waals surface area contributed by atoms with Crippen LogP contribution in [0.4, 0.5) is 0 Å². The molecule has 1 atom stereocenters. The van der Waals surface area contributed by atoms with Gasteiger partial charge < -0.3 is 15.2 Å². The molecule has 0 spiro atoms. The highest BCUT2D eigenvalue weighted by Gasteiger charge is 2.19. The maximum atomic E-state index is 11.4. The van der Waals surface area contributed by atoms with E-state index in [0.717, 1.165) is 5.69 Å². The first-order valence-electron chi connectivity index (χ1n) is 5.33. The Morgan fingerprint density at radius 1 is 1.81 bits per heavy atom. The van der Waals surface area contributed by atoms with Crippen LogP contribution >= 0.6 is 0 Å².